The largest absolute Gasteiger partial charge is 0.496 e. The van der Waals surface area contributed by atoms with E-state index in [1.165, 1.54) is 0 Å². The van der Waals surface area contributed by atoms with E-state index in [9.17, 15) is 5.11 Å². The number of ether oxygens (including phenoxy) is 1. The highest BCUT2D eigenvalue weighted by Crippen LogP contribution is 2.34. The third kappa shape index (κ3) is 2.67. The van der Waals surface area contributed by atoms with Crippen LogP contribution in [0.25, 0.3) is 10.8 Å². The topological polar surface area (TPSA) is 29.5 Å². The van der Waals surface area contributed by atoms with E-state index in [0.29, 0.717) is 0 Å². The number of fused-ring (bicyclic) bond motifs is 1. The number of methoxy groups -OCH3 is 1. The lowest BCUT2D eigenvalue weighted by Gasteiger charge is -2.16. The Morgan fingerprint density at radius 2 is 1.71 bits per heavy atom. The summed E-state index contributed by atoms with van der Waals surface area (Å²) in [4.78, 5) is 0. The van der Waals surface area contributed by atoms with Gasteiger partial charge in [0.2, 0.25) is 0 Å². The molecule has 0 aliphatic heterocycles. The first kappa shape index (κ1) is 14.1. The standard InChI is InChI=1S/C18H15BrO2/c1-21-17-10-9-16(14-7-2-3-8-15(14)17)18(20)12-5-4-6-13(19)11-12/h2-11,18,20H,1H3. The Morgan fingerprint density at radius 1 is 0.952 bits per heavy atom. The van der Waals surface area contributed by atoms with Crippen LogP contribution in [-0.2, 0) is 0 Å². The summed E-state index contributed by atoms with van der Waals surface area (Å²) in [5, 5.41) is 12.7. The Kier molecular flexibility index (Phi) is 3.95. The first-order valence-corrected chi connectivity index (χ1v) is 7.49. The summed E-state index contributed by atoms with van der Waals surface area (Å²) in [7, 11) is 1.66. The van der Waals surface area contributed by atoms with Crippen molar-refractivity contribution in [2.75, 3.05) is 7.11 Å². The molecule has 1 N–H and O–H groups in total. The summed E-state index contributed by atoms with van der Waals surface area (Å²) in [6, 6.07) is 19.5. The maximum absolute atomic E-state index is 10.7. The highest BCUT2D eigenvalue weighted by molar-refractivity contribution is 9.10. The van der Waals surface area contributed by atoms with Gasteiger partial charge in [-0.2, -0.15) is 0 Å². The molecule has 3 aromatic rings. The molecule has 0 radical (unpaired) electrons. The molecule has 21 heavy (non-hydrogen) atoms. The molecule has 0 saturated heterocycles. The van der Waals surface area contributed by atoms with Gasteiger partial charge in [0, 0.05) is 9.86 Å². The Balaban J connectivity index is 2.17. The van der Waals surface area contributed by atoms with E-state index in [0.717, 1.165) is 32.1 Å². The van der Waals surface area contributed by atoms with Crippen molar-refractivity contribution >= 4 is 26.7 Å². The fourth-order valence-corrected chi connectivity index (χ4v) is 2.98. The predicted octanol–water partition coefficient (Wildman–Crippen LogP) is 4.69. The van der Waals surface area contributed by atoms with Crippen molar-refractivity contribution in [1.29, 1.82) is 0 Å². The fourth-order valence-electron chi connectivity index (χ4n) is 2.57. The quantitative estimate of drug-likeness (QED) is 0.747. The zero-order valence-electron chi connectivity index (χ0n) is 11.6. The van der Waals surface area contributed by atoms with E-state index in [1.807, 2.05) is 60.7 Å². The van der Waals surface area contributed by atoms with E-state index in [2.05, 4.69) is 15.9 Å². The average molecular weight is 343 g/mol. The monoisotopic (exact) mass is 342 g/mol. The molecule has 2 nitrogen and oxygen atoms in total. The van der Waals surface area contributed by atoms with E-state index in [-0.39, 0.29) is 0 Å². The fraction of sp³-hybridized carbons (Fsp3) is 0.111. The van der Waals surface area contributed by atoms with E-state index in [4.69, 9.17) is 4.74 Å². The average Bonchev–Trinajstić information content (AvgIpc) is 2.53. The first-order chi connectivity index (χ1) is 10.2. The predicted molar refractivity (Wildman–Crippen MR) is 88.7 cm³/mol. The molecule has 0 bridgehead atoms. The molecule has 0 saturated carbocycles. The van der Waals surface area contributed by atoms with Crippen molar-refractivity contribution < 1.29 is 9.84 Å². The maximum Gasteiger partial charge on any atom is 0.126 e. The Labute approximate surface area is 132 Å². The normalized spacial score (nSPS) is 12.3. The van der Waals surface area contributed by atoms with Crippen LogP contribution >= 0.6 is 15.9 Å². The van der Waals surface area contributed by atoms with E-state index >= 15 is 0 Å². The van der Waals surface area contributed by atoms with Gasteiger partial charge in [0.25, 0.3) is 0 Å². The minimum absolute atomic E-state index is 0.668. The molecule has 0 heterocycles. The van der Waals surface area contributed by atoms with E-state index < -0.39 is 6.10 Å². The minimum Gasteiger partial charge on any atom is -0.496 e. The molecule has 0 aliphatic carbocycles. The molecule has 3 aromatic carbocycles. The lowest BCUT2D eigenvalue weighted by molar-refractivity contribution is 0.222. The molecule has 0 aliphatic rings. The highest BCUT2D eigenvalue weighted by Gasteiger charge is 2.15. The van der Waals surface area contributed by atoms with Gasteiger partial charge in [-0.1, -0.05) is 58.4 Å². The van der Waals surface area contributed by atoms with Gasteiger partial charge >= 0.3 is 0 Å². The molecular formula is C18H15BrO2. The second-order valence-electron chi connectivity index (χ2n) is 4.86. The van der Waals surface area contributed by atoms with Crippen molar-refractivity contribution in [3.8, 4) is 5.75 Å². The summed E-state index contributed by atoms with van der Waals surface area (Å²) in [5.74, 6) is 0.816. The number of benzene rings is 3. The Hall–Kier alpha value is -1.84. The Morgan fingerprint density at radius 3 is 2.43 bits per heavy atom. The number of aliphatic hydroxyl groups is 1. The number of hydrogen-bond donors (Lipinski definition) is 1. The van der Waals surface area contributed by atoms with Crippen molar-refractivity contribution in [3.05, 3.63) is 76.3 Å². The summed E-state index contributed by atoms with van der Waals surface area (Å²) in [6.45, 7) is 0. The second kappa shape index (κ2) is 5.88. The number of halogens is 1. The molecule has 0 aromatic heterocycles. The SMILES string of the molecule is COc1ccc(C(O)c2cccc(Br)c2)c2ccccc12. The summed E-state index contributed by atoms with van der Waals surface area (Å²) in [5.41, 5.74) is 1.74. The summed E-state index contributed by atoms with van der Waals surface area (Å²) >= 11 is 3.44. The van der Waals surface area contributed by atoms with Crippen molar-refractivity contribution in [1.82, 2.24) is 0 Å². The summed E-state index contributed by atoms with van der Waals surface area (Å²) in [6.07, 6.45) is -0.668. The van der Waals surface area contributed by atoms with E-state index in [1.54, 1.807) is 7.11 Å². The number of hydrogen-bond acceptors (Lipinski definition) is 2. The zero-order chi connectivity index (χ0) is 14.8. The second-order valence-corrected chi connectivity index (χ2v) is 5.78. The van der Waals surface area contributed by atoms with Crippen LogP contribution in [0.15, 0.2) is 65.1 Å². The van der Waals surface area contributed by atoms with Gasteiger partial charge in [-0.05, 0) is 34.7 Å². The van der Waals surface area contributed by atoms with Crippen molar-refractivity contribution in [3.63, 3.8) is 0 Å². The van der Waals surface area contributed by atoms with Gasteiger partial charge < -0.3 is 9.84 Å². The summed E-state index contributed by atoms with van der Waals surface area (Å²) < 4.78 is 6.35. The van der Waals surface area contributed by atoms with Gasteiger partial charge in [-0.15, -0.1) is 0 Å². The van der Waals surface area contributed by atoms with Gasteiger partial charge in [0.1, 0.15) is 11.9 Å². The first-order valence-electron chi connectivity index (χ1n) is 6.70. The molecule has 3 heteroatoms. The third-order valence-electron chi connectivity index (χ3n) is 3.60. The van der Waals surface area contributed by atoms with Gasteiger partial charge in [0.15, 0.2) is 0 Å². The molecular weight excluding hydrogens is 328 g/mol. The lowest BCUT2D eigenvalue weighted by Crippen LogP contribution is -2.01. The van der Waals surface area contributed by atoms with Crippen LogP contribution in [-0.4, -0.2) is 12.2 Å². The van der Waals surface area contributed by atoms with Crippen LogP contribution in [0.3, 0.4) is 0 Å². The third-order valence-corrected chi connectivity index (χ3v) is 4.09. The van der Waals surface area contributed by atoms with Crippen molar-refractivity contribution in [2.45, 2.75) is 6.10 Å². The number of aliphatic hydroxyl groups excluding tert-OH is 1. The zero-order valence-corrected chi connectivity index (χ0v) is 13.2. The molecule has 106 valence electrons. The maximum atomic E-state index is 10.7. The molecule has 0 amide bonds. The van der Waals surface area contributed by atoms with Crippen LogP contribution in [0, 0.1) is 0 Å². The molecule has 0 fully saturated rings. The van der Waals surface area contributed by atoms with Gasteiger partial charge in [-0.25, -0.2) is 0 Å². The minimum atomic E-state index is -0.668. The van der Waals surface area contributed by atoms with Gasteiger partial charge in [-0.3, -0.25) is 0 Å². The molecule has 1 unspecified atom stereocenters. The Bertz CT molecular complexity index is 783. The molecule has 0 spiro atoms. The van der Waals surface area contributed by atoms with Crippen LogP contribution in [0.2, 0.25) is 0 Å². The lowest BCUT2D eigenvalue weighted by atomic mass is 9.95. The van der Waals surface area contributed by atoms with Crippen LogP contribution in [0.4, 0.5) is 0 Å². The highest BCUT2D eigenvalue weighted by atomic mass is 79.9. The number of rotatable bonds is 3. The van der Waals surface area contributed by atoms with Crippen LogP contribution < -0.4 is 4.74 Å². The van der Waals surface area contributed by atoms with Gasteiger partial charge in [0.05, 0.1) is 7.11 Å². The van der Waals surface area contributed by atoms with Crippen LogP contribution in [0.5, 0.6) is 5.75 Å². The molecule has 3 rings (SSSR count). The molecule has 1 atom stereocenters. The smallest absolute Gasteiger partial charge is 0.126 e. The van der Waals surface area contributed by atoms with Crippen LogP contribution in [0.1, 0.15) is 17.2 Å². The van der Waals surface area contributed by atoms with Crippen molar-refractivity contribution in [2.24, 2.45) is 0 Å².